The standard InChI is InChI=1S/C22H24N4O/c1-15-5-6-16(2)20(13-15)25-21-14-17(11-12-23-21)22(27)24-18-7-9-19(10-8-18)26(3)4/h5-14H,1-4H3,(H,23,25)(H,24,27). The van der Waals surface area contributed by atoms with Gasteiger partial charge >= 0.3 is 0 Å². The van der Waals surface area contributed by atoms with E-state index in [1.807, 2.05) is 57.1 Å². The molecule has 0 aliphatic carbocycles. The average Bonchev–Trinajstić information content (AvgIpc) is 2.65. The van der Waals surface area contributed by atoms with Crippen molar-refractivity contribution in [3.63, 3.8) is 0 Å². The first-order chi connectivity index (χ1) is 12.9. The highest BCUT2D eigenvalue weighted by Crippen LogP contribution is 2.22. The van der Waals surface area contributed by atoms with Crippen LogP contribution in [0.3, 0.4) is 0 Å². The lowest BCUT2D eigenvalue weighted by atomic mass is 10.1. The van der Waals surface area contributed by atoms with Crippen molar-refractivity contribution in [2.24, 2.45) is 0 Å². The third-order valence-electron chi connectivity index (χ3n) is 4.32. The second kappa shape index (κ2) is 7.91. The average molecular weight is 360 g/mol. The van der Waals surface area contributed by atoms with Gasteiger partial charge in [0.25, 0.3) is 5.91 Å². The van der Waals surface area contributed by atoms with E-state index in [4.69, 9.17) is 0 Å². The Bertz CT molecular complexity index is 949. The molecule has 27 heavy (non-hydrogen) atoms. The zero-order chi connectivity index (χ0) is 19.4. The van der Waals surface area contributed by atoms with E-state index in [0.717, 1.165) is 28.2 Å². The van der Waals surface area contributed by atoms with Crippen molar-refractivity contribution in [2.45, 2.75) is 13.8 Å². The predicted molar refractivity (Wildman–Crippen MR) is 112 cm³/mol. The first-order valence-electron chi connectivity index (χ1n) is 8.81. The number of aromatic nitrogens is 1. The van der Waals surface area contributed by atoms with Gasteiger partial charge in [-0.05, 0) is 67.4 Å². The second-order valence-corrected chi connectivity index (χ2v) is 6.77. The lowest BCUT2D eigenvalue weighted by molar-refractivity contribution is 0.102. The molecule has 0 unspecified atom stereocenters. The smallest absolute Gasteiger partial charge is 0.255 e. The number of carbonyl (C=O) groups is 1. The molecular weight excluding hydrogens is 336 g/mol. The Kier molecular flexibility index (Phi) is 5.41. The molecule has 5 heteroatoms. The van der Waals surface area contributed by atoms with Crippen LogP contribution in [0.15, 0.2) is 60.8 Å². The van der Waals surface area contributed by atoms with E-state index in [0.29, 0.717) is 11.4 Å². The Morgan fingerprint density at radius 1 is 0.963 bits per heavy atom. The molecule has 0 saturated carbocycles. The van der Waals surface area contributed by atoms with Crippen molar-refractivity contribution in [3.05, 3.63) is 77.5 Å². The van der Waals surface area contributed by atoms with Gasteiger partial charge in [0, 0.05) is 42.9 Å². The van der Waals surface area contributed by atoms with Crippen LogP contribution in [-0.2, 0) is 0 Å². The summed E-state index contributed by atoms with van der Waals surface area (Å²) < 4.78 is 0. The minimum Gasteiger partial charge on any atom is -0.378 e. The van der Waals surface area contributed by atoms with Crippen molar-refractivity contribution < 1.29 is 4.79 Å². The normalized spacial score (nSPS) is 10.4. The van der Waals surface area contributed by atoms with Gasteiger partial charge in [-0.2, -0.15) is 0 Å². The highest BCUT2D eigenvalue weighted by molar-refractivity contribution is 6.04. The van der Waals surface area contributed by atoms with Crippen LogP contribution >= 0.6 is 0 Å². The summed E-state index contributed by atoms with van der Waals surface area (Å²) in [5, 5.41) is 6.22. The molecule has 138 valence electrons. The maximum absolute atomic E-state index is 12.6. The Balaban J connectivity index is 1.74. The van der Waals surface area contributed by atoms with Crippen LogP contribution in [0.4, 0.5) is 22.9 Å². The van der Waals surface area contributed by atoms with Gasteiger partial charge < -0.3 is 15.5 Å². The van der Waals surface area contributed by atoms with Crippen molar-refractivity contribution >= 4 is 28.8 Å². The first-order valence-corrected chi connectivity index (χ1v) is 8.81. The molecule has 1 heterocycles. The number of anilines is 4. The van der Waals surface area contributed by atoms with E-state index in [9.17, 15) is 4.79 Å². The molecule has 0 fully saturated rings. The van der Waals surface area contributed by atoms with E-state index < -0.39 is 0 Å². The molecule has 0 atom stereocenters. The van der Waals surface area contributed by atoms with Crippen molar-refractivity contribution in [1.82, 2.24) is 4.98 Å². The summed E-state index contributed by atoms with van der Waals surface area (Å²) in [6.45, 7) is 4.08. The van der Waals surface area contributed by atoms with Gasteiger partial charge in [-0.15, -0.1) is 0 Å². The monoisotopic (exact) mass is 360 g/mol. The SMILES string of the molecule is Cc1ccc(C)c(Nc2cc(C(=O)Nc3ccc(N(C)C)cc3)ccn2)c1. The summed E-state index contributed by atoms with van der Waals surface area (Å²) in [6.07, 6.45) is 1.64. The number of rotatable bonds is 5. The number of carbonyl (C=O) groups excluding carboxylic acids is 1. The molecule has 0 bridgehead atoms. The van der Waals surface area contributed by atoms with Crippen LogP contribution in [0, 0.1) is 13.8 Å². The number of hydrogen-bond donors (Lipinski definition) is 2. The Morgan fingerprint density at radius 2 is 1.70 bits per heavy atom. The van der Waals surface area contributed by atoms with Crippen LogP contribution in [0.1, 0.15) is 21.5 Å². The molecule has 0 radical (unpaired) electrons. The van der Waals surface area contributed by atoms with Gasteiger partial charge in [-0.25, -0.2) is 4.98 Å². The first kappa shape index (κ1) is 18.5. The molecule has 3 aromatic rings. The molecule has 3 rings (SSSR count). The van der Waals surface area contributed by atoms with Crippen molar-refractivity contribution in [1.29, 1.82) is 0 Å². The van der Waals surface area contributed by atoms with Gasteiger partial charge in [0.15, 0.2) is 0 Å². The zero-order valence-electron chi connectivity index (χ0n) is 16.1. The van der Waals surface area contributed by atoms with Gasteiger partial charge in [0.2, 0.25) is 0 Å². The lowest BCUT2D eigenvalue weighted by Gasteiger charge is -2.13. The number of pyridine rings is 1. The summed E-state index contributed by atoms with van der Waals surface area (Å²) in [7, 11) is 3.96. The highest BCUT2D eigenvalue weighted by atomic mass is 16.1. The summed E-state index contributed by atoms with van der Waals surface area (Å²) >= 11 is 0. The predicted octanol–water partition coefficient (Wildman–Crippen LogP) is 4.76. The van der Waals surface area contributed by atoms with Crippen LogP contribution in [0.5, 0.6) is 0 Å². The minimum absolute atomic E-state index is 0.168. The molecule has 1 amide bonds. The van der Waals surface area contributed by atoms with E-state index in [1.165, 1.54) is 0 Å². The Hall–Kier alpha value is -3.34. The van der Waals surface area contributed by atoms with E-state index in [2.05, 4.69) is 33.8 Å². The third kappa shape index (κ3) is 4.64. The summed E-state index contributed by atoms with van der Waals surface area (Å²) in [5.74, 6) is 0.471. The molecule has 0 spiro atoms. The minimum atomic E-state index is -0.168. The van der Waals surface area contributed by atoms with Crippen LogP contribution in [0.25, 0.3) is 0 Å². The second-order valence-electron chi connectivity index (χ2n) is 6.77. The summed E-state index contributed by atoms with van der Waals surface area (Å²) in [6, 6.07) is 17.4. The molecule has 0 aliphatic heterocycles. The third-order valence-corrected chi connectivity index (χ3v) is 4.32. The fraction of sp³-hybridized carbons (Fsp3) is 0.182. The number of nitrogens with one attached hydrogen (secondary N) is 2. The van der Waals surface area contributed by atoms with E-state index in [-0.39, 0.29) is 5.91 Å². The molecule has 2 N–H and O–H groups in total. The van der Waals surface area contributed by atoms with E-state index in [1.54, 1.807) is 18.3 Å². The number of benzene rings is 2. The van der Waals surface area contributed by atoms with E-state index >= 15 is 0 Å². The molecule has 0 saturated heterocycles. The molecule has 0 aliphatic rings. The lowest BCUT2D eigenvalue weighted by Crippen LogP contribution is -2.13. The number of hydrogen-bond acceptors (Lipinski definition) is 4. The van der Waals surface area contributed by atoms with Crippen LogP contribution in [-0.4, -0.2) is 25.0 Å². The van der Waals surface area contributed by atoms with Crippen molar-refractivity contribution in [3.8, 4) is 0 Å². The molecule has 5 nitrogen and oxygen atoms in total. The summed E-state index contributed by atoms with van der Waals surface area (Å²) in [4.78, 5) is 18.9. The van der Waals surface area contributed by atoms with Crippen molar-refractivity contribution in [2.75, 3.05) is 29.6 Å². The highest BCUT2D eigenvalue weighted by Gasteiger charge is 2.09. The molecular formula is C22H24N4O. The van der Waals surface area contributed by atoms with Gasteiger partial charge in [-0.1, -0.05) is 12.1 Å². The van der Waals surface area contributed by atoms with Gasteiger partial charge in [0.05, 0.1) is 0 Å². The Labute approximate surface area is 160 Å². The number of amides is 1. The zero-order valence-corrected chi connectivity index (χ0v) is 16.1. The fourth-order valence-corrected chi connectivity index (χ4v) is 2.69. The quantitative estimate of drug-likeness (QED) is 0.689. The Morgan fingerprint density at radius 3 is 2.41 bits per heavy atom. The maximum atomic E-state index is 12.6. The van der Waals surface area contributed by atoms with Crippen LogP contribution in [0.2, 0.25) is 0 Å². The maximum Gasteiger partial charge on any atom is 0.255 e. The topological polar surface area (TPSA) is 57.3 Å². The summed E-state index contributed by atoms with van der Waals surface area (Å²) in [5.41, 5.74) is 5.66. The number of aryl methyl sites for hydroxylation is 2. The van der Waals surface area contributed by atoms with Gasteiger partial charge in [0.1, 0.15) is 5.82 Å². The largest absolute Gasteiger partial charge is 0.378 e. The van der Waals surface area contributed by atoms with Crippen LogP contribution < -0.4 is 15.5 Å². The molecule has 1 aromatic heterocycles. The number of nitrogens with zero attached hydrogens (tertiary/aromatic N) is 2. The van der Waals surface area contributed by atoms with Gasteiger partial charge in [-0.3, -0.25) is 4.79 Å². The fourth-order valence-electron chi connectivity index (χ4n) is 2.69. The molecule has 2 aromatic carbocycles.